The van der Waals surface area contributed by atoms with Crippen molar-refractivity contribution in [2.24, 2.45) is 5.92 Å². The van der Waals surface area contributed by atoms with Crippen molar-refractivity contribution >= 4 is 52.4 Å². The Morgan fingerprint density at radius 2 is 2.00 bits per heavy atom. The van der Waals surface area contributed by atoms with E-state index in [4.69, 9.17) is 38.8 Å². The molecule has 1 aromatic heterocycles. The third-order valence-corrected chi connectivity index (χ3v) is 5.11. The first-order valence-corrected chi connectivity index (χ1v) is 9.81. The van der Waals surface area contributed by atoms with Crippen molar-refractivity contribution < 1.29 is 19.4 Å². The molecule has 1 saturated heterocycles. The highest BCUT2D eigenvalue weighted by atomic mass is 35.5. The molecule has 3 rings (SSSR count). The van der Waals surface area contributed by atoms with E-state index < -0.39 is 11.9 Å². The molecule has 1 aromatic carbocycles. The van der Waals surface area contributed by atoms with Crippen molar-refractivity contribution in [3.8, 4) is 5.75 Å². The Hall–Kier alpha value is -2.98. The quantitative estimate of drug-likeness (QED) is 0.462. The number of rotatable bonds is 7. The Balaban J connectivity index is 1.55. The Labute approximate surface area is 182 Å². The van der Waals surface area contributed by atoms with Crippen LogP contribution >= 0.6 is 23.2 Å². The molecule has 0 radical (unpaired) electrons. The fraction of sp³-hybridized carbons (Fsp3) is 0.333. The Bertz CT molecular complexity index is 937. The second-order valence-electron chi connectivity index (χ2n) is 6.60. The number of ether oxygens (including phenoxy) is 1. The van der Waals surface area contributed by atoms with Crippen LogP contribution in [0.3, 0.4) is 0 Å². The normalized spacial score (nSPS) is 14.3. The summed E-state index contributed by atoms with van der Waals surface area (Å²) in [5.74, 6) is -0.617. The average molecular weight is 455 g/mol. The number of anilines is 3. The van der Waals surface area contributed by atoms with Gasteiger partial charge in [-0.1, -0.05) is 23.2 Å². The third kappa shape index (κ3) is 5.33. The van der Waals surface area contributed by atoms with Gasteiger partial charge in [0.25, 0.3) is 5.91 Å². The lowest BCUT2D eigenvalue weighted by atomic mass is 9.97. The smallest absolute Gasteiger partial charge is 0.306 e. The molecule has 0 bridgehead atoms. The van der Waals surface area contributed by atoms with Crippen molar-refractivity contribution in [2.45, 2.75) is 12.8 Å². The number of piperidine rings is 1. The van der Waals surface area contributed by atoms with Crippen molar-refractivity contribution in [3.05, 3.63) is 34.6 Å². The van der Waals surface area contributed by atoms with E-state index in [1.807, 2.05) is 4.90 Å². The van der Waals surface area contributed by atoms with Crippen LogP contribution in [-0.4, -0.2) is 46.6 Å². The van der Waals surface area contributed by atoms with Gasteiger partial charge in [0.1, 0.15) is 17.8 Å². The van der Waals surface area contributed by atoms with Crippen molar-refractivity contribution in [1.29, 1.82) is 0 Å². The number of hydrogen-bond donors (Lipinski definition) is 4. The molecule has 12 heteroatoms. The van der Waals surface area contributed by atoms with Gasteiger partial charge in [-0.05, 0) is 31.0 Å². The minimum absolute atomic E-state index is 0.221. The summed E-state index contributed by atoms with van der Waals surface area (Å²) < 4.78 is 5.36. The molecule has 1 fully saturated rings. The van der Waals surface area contributed by atoms with Gasteiger partial charge in [0.15, 0.2) is 18.2 Å². The van der Waals surface area contributed by atoms with E-state index in [0.29, 0.717) is 47.5 Å². The number of nitrogens with zero attached hydrogens (tertiary/aromatic N) is 3. The van der Waals surface area contributed by atoms with Gasteiger partial charge in [-0.2, -0.15) is 0 Å². The lowest BCUT2D eigenvalue weighted by Crippen LogP contribution is -2.38. The molecule has 0 saturated carbocycles. The highest BCUT2D eigenvalue weighted by Gasteiger charge is 2.26. The number of hydrazine groups is 1. The maximum atomic E-state index is 12.0. The fourth-order valence-electron chi connectivity index (χ4n) is 2.98. The predicted molar refractivity (Wildman–Crippen MR) is 113 cm³/mol. The number of halogens is 2. The number of aliphatic carboxylic acids is 1. The van der Waals surface area contributed by atoms with E-state index in [9.17, 15) is 9.59 Å². The van der Waals surface area contributed by atoms with Crippen LogP contribution in [0.1, 0.15) is 12.8 Å². The van der Waals surface area contributed by atoms with Gasteiger partial charge >= 0.3 is 5.97 Å². The summed E-state index contributed by atoms with van der Waals surface area (Å²) in [6.07, 6.45) is 2.32. The molecular formula is C18H20Cl2N6O4. The molecule has 5 N–H and O–H groups in total. The predicted octanol–water partition coefficient (Wildman–Crippen LogP) is 2.19. The van der Waals surface area contributed by atoms with Gasteiger partial charge in [-0.3, -0.25) is 20.4 Å². The Morgan fingerprint density at radius 3 is 2.67 bits per heavy atom. The molecule has 0 atom stereocenters. The summed E-state index contributed by atoms with van der Waals surface area (Å²) in [7, 11) is 0. The first-order chi connectivity index (χ1) is 14.3. The molecule has 1 aliphatic heterocycles. The summed E-state index contributed by atoms with van der Waals surface area (Å²) >= 11 is 11.8. The Kier molecular flexibility index (Phi) is 7.01. The van der Waals surface area contributed by atoms with E-state index in [2.05, 4.69) is 20.8 Å². The first-order valence-electron chi connectivity index (χ1n) is 9.06. The number of carbonyl (C=O) groups is 2. The van der Waals surface area contributed by atoms with Gasteiger partial charge in [0, 0.05) is 18.1 Å². The molecular weight excluding hydrogens is 435 g/mol. The molecule has 30 heavy (non-hydrogen) atoms. The minimum Gasteiger partial charge on any atom is -0.482 e. The highest BCUT2D eigenvalue weighted by molar-refractivity contribution is 6.35. The van der Waals surface area contributed by atoms with Gasteiger partial charge in [0.05, 0.1) is 10.9 Å². The Morgan fingerprint density at radius 1 is 1.27 bits per heavy atom. The maximum absolute atomic E-state index is 12.0. The van der Waals surface area contributed by atoms with Crippen molar-refractivity contribution in [1.82, 2.24) is 15.4 Å². The second-order valence-corrected chi connectivity index (χ2v) is 7.44. The lowest BCUT2D eigenvalue weighted by molar-refractivity contribution is -0.142. The number of nitrogens with one attached hydrogen (secondary N) is 2. The molecule has 0 unspecified atom stereocenters. The number of nitrogens with two attached hydrogens (primary N) is 1. The average Bonchev–Trinajstić information content (AvgIpc) is 2.72. The topological polar surface area (TPSA) is 143 Å². The summed E-state index contributed by atoms with van der Waals surface area (Å²) in [4.78, 5) is 33.3. The van der Waals surface area contributed by atoms with Crippen LogP contribution < -0.4 is 26.2 Å². The SMILES string of the molecule is Nc1c(NNC(=O)COc2ccc(Cl)cc2Cl)ncnc1N1CCC(C(=O)O)CC1. The monoisotopic (exact) mass is 454 g/mol. The lowest BCUT2D eigenvalue weighted by Gasteiger charge is -2.31. The van der Waals surface area contributed by atoms with Crippen molar-refractivity contribution in [2.75, 3.05) is 35.8 Å². The zero-order chi connectivity index (χ0) is 21.7. The van der Waals surface area contributed by atoms with Crippen LogP contribution in [0.4, 0.5) is 17.3 Å². The molecule has 0 aliphatic carbocycles. The number of aromatic nitrogens is 2. The number of hydrogen-bond acceptors (Lipinski definition) is 8. The van der Waals surface area contributed by atoms with Gasteiger partial charge in [-0.15, -0.1) is 0 Å². The van der Waals surface area contributed by atoms with E-state index in [0.717, 1.165) is 0 Å². The number of nitrogen functional groups attached to an aromatic ring is 1. The summed E-state index contributed by atoms with van der Waals surface area (Å²) in [6, 6.07) is 4.67. The summed E-state index contributed by atoms with van der Waals surface area (Å²) in [6.45, 7) is 0.730. The number of carbonyl (C=O) groups excluding carboxylic acids is 1. The fourth-order valence-corrected chi connectivity index (χ4v) is 3.44. The molecule has 10 nitrogen and oxygen atoms in total. The van der Waals surface area contributed by atoms with Gasteiger partial charge < -0.3 is 20.5 Å². The molecule has 160 valence electrons. The third-order valence-electron chi connectivity index (χ3n) is 4.58. The number of carboxylic acid groups (broad SMARTS) is 1. The van der Waals surface area contributed by atoms with E-state index in [1.54, 1.807) is 12.1 Å². The number of carboxylic acids is 1. The summed E-state index contributed by atoms with van der Waals surface area (Å²) in [5.41, 5.74) is 11.5. The molecule has 1 aliphatic rings. The van der Waals surface area contributed by atoms with Crippen LogP contribution in [0.25, 0.3) is 0 Å². The molecule has 1 amide bonds. The minimum atomic E-state index is -0.794. The number of benzene rings is 1. The van der Waals surface area contributed by atoms with Gasteiger partial charge in [-0.25, -0.2) is 9.97 Å². The van der Waals surface area contributed by atoms with E-state index >= 15 is 0 Å². The van der Waals surface area contributed by atoms with Crippen LogP contribution in [0.15, 0.2) is 24.5 Å². The highest BCUT2D eigenvalue weighted by Crippen LogP contribution is 2.30. The molecule has 0 spiro atoms. The molecule has 2 aromatic rings. The number of amides is 1. The van der Waals surface area contributed by atoms with Crippen LogP contribution in [-0.2, 0) is 9.59 Å². The zero-order valence-electron chi connectivity index (χ0n) is 15.8. The van der Waals surface area contributed by atoms with Gasteiger partial charge in [0.2, 0.25) is 0 Å². The standard InChI is InChI=1S/C18H20Cl2N6O4/c19-11-1-2-13(12(20)7-11)30-8-14(27)24-25-16-15(21)17(23-9-22-16)26-5-3-10(4-6-26)18(28)29/h1-2,7,9-10H,3-6,8,21H2,(H,24,27)(H,28,29)(H,22,23,25). The molecule has 2 heterocycles. The van der Waals surface area contributed by atoms with Crippen LogP contribution in [0.5, 0.6) is 5.75 Å². The summed E-state index contributed by atoms with van der Waals surface area (Å²) in [5, 5.41) is 9.87. The van der Waals surface area contributed by atoms with E-state index in [1.165, 1.54) is 12.4 Å². The largest absolute Gasteiger partial charge is 0.482 e. The van der Waals surface area contributed by atoms with Crippen molar-refractivity contribution in [3.63, 3.8) is 0 Å². The first kappa shape index (κ1) is 21.7. The van der Waals surface area contributed by atoms with E-state index in [-0.39, 0.29) is 24.0 Å². The van der Waals surface area contributed by atoms with Crippen LogP contribution in [0.2, 0.25) is 10.0 Å². The zero-order valence-corrected chi connectivity index (χ0v) is 17.3. The maximum Gasteiger partial charge on any atom is 0.306 e. The van der Waals surface area contributed by atoms with Crippen LogP contribution in [0, 0.1) is 5.92 Å². The second kappa shape index (κ2) is 9.68.